The van der Waals surface area contributed by atoms with Gasteiger partial charge in [0.2, 0.25) is 0 Å². The number of hydrogen-bond donors (Lipinski definition) is 1. The van der Waals surface area contributed by atoms with Crippen LogP contribution in [-0.4, -0.2) is 9.78 Å². The van der Waals surface area contributed by atoms with Crippen LogP contribution in [0, 0.1) is 36.5 Å². The van der Waals surface area contributed by atoms with Crippen molar-refractivity contribution < 1.29 is 0 Å². The highest BCUT2D eigenvalue weighted by molar-refractivity contribution is 5.57. The maximum absolute atomic E-state index is 8.97. The van der Waals surface area contributed by atoms with Gasteiger partial charge >= 0.3 is 0 Å². The van der Waals surface area contributed by atoms with E-state index in [0.29, 0.717) is 22.6 Å². The van der Waals surface area contributed by atoms with Crippen LogP contribution in [0.2, 0.25) is 0 Å². The molecule has 1 aromatic carbocycles. The molecule has 0 amide bonds. The summed E-state index contributed by atoms with van der Waals surface area (Å²) in [4.78, 5) is 0. The molecule has 0 saturated carbocycles. The molecule has 18 heavy (non-hydrogen) atoms. The molecule has 5 nitrogen and oxygen atoms in total. The molecule has 1 heterocycles. The number of hydrogen-bond acceptors (Lipinski definition) is 4. The Bertz CT molecular complexity index is 697. The molecular weight excluding hydrogens is 226 g/mol. The Morgan fingerprint density at radius 1 is 1.22 bits per heavy atom. The first-order valence-corrected chi connectivity index (χ1v) is 5.34. The molecule has 88 valence electrons. The second kappa shape index (κ2) is 4.23. The lowest BCUT2D eigenvalue weighted by atomic mass is 10.1. The third-order valence-electron chi connectivity index (χ3n) is 2.78. The van der Waals surface area contributed by atoms with Crippen molar-refractivity contribution in [2.75, 3.05) is 5.73 Å². The van der Waals surface area contributed by atoms with Crippen LogP contribution < -0.4 is 5.73 Å². The summed E-state index contributed by atoms with van der Waals surface area (Å²) in [7, 11) is 0. The van der Waals surface area contributed by atoms with Crippen LogP contribution >= 0.6 is 0 Å². The summed E-state index contributed by atoms with van der Waals surface area (Å²) in [6.07, 6.45) is 0. The van der Waals surface area contributed by atoms with E-state index in [1.807, 2.05) is 19.1 Å². The number of benzene rings is 1. The summed E-state index contributed by atoms with van der Waals surface area (Å²) in [5.74, 6) is 0.319. The van der Waals surface area contributed by atoms with E-state index < -0.39 is 0 Å². The van der Waals surface area contributed by atoms with Crippen LogP contribution in [0.15, 0.2) is 18.2 Å². The van der Waals surface area contributed by atoms with Gasteiger partial charge in [-0.1, -0.05) is 0 Å². The van der Waals surface area contributed by atoms with Crippen LogP contribution in [0.5, 0.6) is 0 Å². The fourth-order valence-corrected chi connectivity index (χ4v) is 1.79. The van der Waals surface area contributed by atoms with Crippen LogP contribution in [0.4, 0.5) is 5.82 Å². The predicted molar refractivity (Wildman–Crippen MR) is 66.9 cm³/mol. The third kappa shape index (κ3) is 1.68. The number of nitriles is 2. The Hall–Kier alpha value is -2.79. The Morgan fingerprint density at radius 2 is 1.94 bits per heavy atom. The van der Waals surface area contributed by atoms with Crippen molar-refractivity contribution in [1.29, 1.82) is 10.5 Å². The van der Waals surface area contributed by atoms with Gasteiger partial charge < -0.3 is 5.73 Å². The molecule has 0 saturated heterocycles. The number of aryl methyl sites for hydroxylation is 2. The molecule has 0 spiro atoms. The summed E-state index contributed by atoms with van der Waals surface area (Å²) in [6.45, 7) is 3.59. The van der Waals surface area contributed by atoms with Crippen molar-refractivity contribution in [2.24, 2.45) is 0 Å². The summed E-state index contributed by atoms with van der Waals surface area (Å²) in [5, 5.41) is 22.1. The number of nitrogens with zero attached hydrogens (tertiary/aromatic N) is 4. The molecular formula is C13H11N5. The highest BCUT2D eigenvalue weighted by Crippen LogP contribution is 2.21. The standard InChI is InChI=1S/C13H11N5/c1-8-5-11(4-3-10(8)6-14)18-13(16)12(7-15)9(2)17-18/h3-5H,16H2,1-2H3. The molecule has 2 aromatic rings. The average Bonchev–Trinajstić information content (AvgIpc) is 2.64. The highest BCUT2D eigenvalue weighted by Gasteiger charge is 2.13. The van der Waals surface area contributed by atoms with E-state index in [9.17, 15) is 0 Å². The predicted octanol–water partition coefficient (Wildman–Crippen LogP) is 1.81. The zero-order chi connectivity index (χ0) is 13.3. The normalized spacial score (nSPS) is 9.78. The molecule has 2 rings (SSSR count). The van der Waals surface area contributed by atoms with Crippen molar-refractivity contribution in [3.8, 4) is 17.8 Å². The molecule has 1 aromatic heterocycles. The van der Waals surface area contributed by atoms with Gasteiger partial charge in [-0.2, -0.15) is 15.6 Å². The van der Waals surface area contributed by atoms with E-state index in [4.69, 9.17) is 16.3 Å². The van der Waals surface area contributed by atoms with Crippen molar-refractivity contribution in [2.45, 2.75) is 13.8 Å². The molecule has 0 radical (unpaired) electrons. The van der Waals surface area contributed by atoms with E-state index >= 15 is 0 Å². The Balaban J connectivity index is 2.61. The smallest absolute Gasteiger partial charge is 0.145 e. The molecule has 5 heteroatoms. The molecule has 0 fully saturated rings. The van der Waals surface area contributed by atoms with Gasteiger partial charge in [-0.05, 0) is 37.6 Å². The largest absolute Gasteiger partial charge is 0.382 e. The first-order valence-electron chi connectivity index (χ1n) is 5.34. The first-order chi connectivity index (χ1) is 8.58. The fraction of sp³-hybridized carbons (Fsp3) is 0.154. The molecule has 0 aliphatic carbocycles. The van der Waals surface area contributed by atoms with Gasteiger partial charge in [0.25, 0.3) is 0 Å². The van der Waals surface area contributed by atoms with E-state index in [2.05, 4.69) is 11.2 Å². The average molecular weight is 237 g/mol. The summed E-state index contributed by atoms with van der Waals surface area (Å²) in [6, 6.07) is 9.43. The fourth-order valence-electron chi connectivity index (χ4n) is 1.79. The lowest BCUT2D eigenvalue weighted by molar-refractivity contribution is 0.870. The summed E-state index contributed by atoms with van der Waals surface area (Å²) in [5.41, 5.74) is 9.07. The van der Waals surface area contributed by atoms with E-state index in [0.717, 1.165) is 11.3 Å². The van der Waals surface area contributed by atoms with Gasteiger partial charge in [0.15, 0.2) is 0 Å². The molecule has 0 aliphatic rings. The van der Waals surface area contributed by atoms with Crippen molar-refractivity contribution >= 4 is 5.82 Å². The Kier molecular flexibility index (Phi) is 2.75. The number of anilines is 1. The minimum atomic E-state index is 0.319. The molecule has 0 unspecified atom stereocenters. The minimum Gasteiger partial charge on any atom is -0.382 e. The van der Waals surface area contributed by atoms with E-state index in [-0.39, 0.29) is 0 Å². The highest BCUT2D eigenvalue weighted by atomic mass is 15.3. The summed E-state index contributed by atoms with van der Waals surface area (Å²) < 4.78 is 1.52. The Labute approximate surface area is 105 Å². The second-order valence-electron chi connectivity index (χ2n) is 3.98. The molecule has 0 bridgehead atoms. The Morgan fingerprint density at radius 3 is 2.44 bits per heavy atom. The van der Waals surface area contributed by atoms with Crippen LogP contribution in [0.1, 0.15) is 22.4 Å². The van der Waals surface area contributed by atoms with Crippen LogP contribution in [-0.2, 0) is 0 Å². The second-order valence-corrected chi connectivity index (χ2v) is 3.98. The number of nitrogens with two attached hydrogens (primary N) is 1. The van der Waals surface area contributed by atoms with Crippen molar-refractivity contribution in [3.63, 3.8) is 0 Å². The molecule has 2 N–H and O–H groups in total. The number of aromatic nitrogens is 2. The van der Waals surface area contributed by atoms with Gasteiger partial charge in [-0.3, -0.25) is 0 Å². The monoisotopic (exact) mass is 237 g/mol. The van der Waals surface area contributed by atoms with Crippen molar-refractivity contribution in [3.05, 3.63) is 40.6 Å². The zero-order valence-electron chi connectivity index (χ0n) is 10.1. The molecule has 0 atom stereocenters. The maximum Gasteiger partial charge on any atom is 0.145 e. The van der Waals surface area contributed by atoms with E-state index in [1.54, 1.807) is 19.1 Å². The topological polar surface area (TPSA) is 91.4 Å². The van der Waals surface area contributed by atoms with Gasteiger partial charge in [0.05, 0.1) is 23.0 Å². The maximum atomic E-state index is 8.97. The number of nitrogen functional groups attached to an aromatic ring is 1. The SMILES string of the molecule is Cc1cc(-n2nc(C)c(C#N)c2N)ccc1C#N. The van der Waals surface area contributed by atoms with Crippen LogP contribution in [0.3, 0.4) is 0 Å². The molecule has 0 aliphatic heterocycles. The van der Waals surface area contributed by atoms with Crippen molar-refractivity contribution in [1.82, 2.24) is 9.78 Å². The van der Waals surface area contributed by atoms with E-state index in [1.165, 1.54) is 4.68 Å². The third-order valence-corrected chi connectivity index (χ3v) is 2.78. The lowest BCUT2D eigenvalue weighted by Gasteiger charge is -2.05. The lowest BCUT2D eigenvalue weighted by Crippen LogP contribution is -2.03. The van der Waals surface area contributed by atoms with Gasteiger partial charge in [0, 0.05) is 0 Å². The minimum absolute atomic E-state index is 0.319. The van der Waals surface area contributed by atoms with Gasteiger partial charge in [-0.15, -0.1) is 0 Å². The quantitative estimate of drug-likeness (QED) is 0.818. The van der Waals surface area contributed by atoms with Gasteiger partial charge in [0.1, 0.15) is 17.5 Å². The summed E-state index contributed by atoms with van der Waals surface area (Å²) >= 11 is 0. The first kappa shape index (κ1) is 11.7. The van der Waals surface area contributed by atoms with Crippen LogP contribution in [0.25, 0.3) is 5.69 Å². The number of rotatable bonds is 1. The van der Waals surface area contributed by atoms with Gasteiger partial charge in [-0.25, -0.2) is 4.68 Å². The zero-order valence-corrected chi connectivity index (χ0v) is 10.1.